The molecule has 4 aromatic rings. The quantitative estimate of drug-likeness (QED) is 0.386. The van der Waals surface area contributed by atoms with Crippen molar-refractivity contribution >= 4 is 61.4 Å². The number of rotatable bonds is 3. The number of aromatic nitrogens is 3. The zero-order valence-electron chi connectivity index (χ0n) is 14.4. The van der Waals surface area contributed by atoms with E-state index in [9.17, 15) is 4.39 Å². The Morgan fingerprint density at radius 3 is 2.70 bits per heavy atom. The predicted molar refractivity (Wildman–Crippen MR) is 108 cm³/mol. The number of anilines is 2. The first-order chi connectivity index (χ1) is 12.9. The van der Waals surface area contributed by atoms with Crippen LogP contribution in [-0.2, 0) is 0 Å². The molecular weight excluding hydrogens is 387 g/mol. The van der Waals surface area contributed by atoms with Gasteiger partial charge in [0.05, 0.1) is 26.1 Å². The van der Waals surface area contributed by atoms with E-state index < -0.39 is 5.82 Å². The highest BCUT2D eigenvalue weighted by atomic mass is 35.5. The van der Waals surface area contributed by atoms with Crippen molar-refractivity contribution in [2.45, 2.75) is 0 Å². The maximum Gasteiger partial charge on any atom is 0.159 e. The van der Waals surface area contributed by atoms with Crippen molar-refractivity contribution in [3.05, 3.63) is 52.5 Å². The first-order valence-electron chi connectivity index (χ1n) is 7.96. The monoisotopic (exact) mass is 400 g/mol. The van der Waals surface area contributed by atoms with Crippen molar-refractivity contribution in [1.29, 1.82) is 5.41 Å². The normalized spacial score (nSPS) is 11.1. The van der Waals surface area contributed by atoms with E-state index in [-0.39, 0.29) is 5.02 Å². The van der Waals surface area contributed by atoms with E-state index in [1.54, 1.807) is 25.1 Å². The highest BCUT2D eigenvalue weighted by Gasteiger charge is 2.16. The SMILES string of the molecule is CN(C)C(=N)c1nc2ccc3ncnc(Nc4ccc(F)c(Cl)c4)c3c2s1. The average molecular weight is 401 g/mol. The lowest BCUT2D eigenvalue weighted by atomic mass is 10.2. The molecule has 27 heavy (non-hydrogen) atoms. The highest BCUT2D eigenvalue weighted by Crippen LogP contribution is 2.35. The number of hydrogen-bond acceptors (Lipinski definition) is 6. The van der Waals surface area contributed by atoms with Crippen molar-refractivity contribution < 1.29 is 4.39 Å². The number of hydrogen-bond donors (Lipinski definition) is 2. The van der Waals surface area contributed by atoms with Gasteiger partial charge >= 0.3 is 0 Å². The molecule has 0 unspecified atom stereocenters. The smallest absolute Gasteiger partial charge is 0.159 e. The average Bonchev–Trinajstić information content (AvgIpc) is 3.08. The summed E-state index contributed by atoms with van der Waals surface area (Å²) in [6.45, 7) is 0. The van der Waals surface area contributed by atoms with Crippen LogP contribution in [0.4, 0.5) is 15.9 Å². The van der Waals surface area contributed by atoms with Crippen LogP contribution in [0.3, 0.4) is 0 Å². The Labute approximate surface area is 163 Å². The molecular formula is C18H14ClFN6S. The molecule has 0 aliphatic heterocycles. The standard InChI is InChI=1S/C18H14ClFN6S/c1-26(2)16(21)18-25-13-6-5-12-14(15(13)27-18)17(23-8-22-12)24-9-3-4-11(20)10(19)7-9/h3-8,21H,1-2H3,(H,22,23,24). The van der Waals surface area contributed by atoms with E-state index in [4.69, 9.17) is 17.0 Å². The Balaban J connectivity index is 1.88. The van der Waals surface area contributed by atoms with E-state index in [1.807, 2.05) is 12.1 Å². The van der Waals surface area contributed by atoms with Crippen LogP contribution in [0.2, 0.25) is 5.02 Å². The van der Waals surface area contributed by atoms with E-state index in [2.05, 4.69) is 20.3 Å². The summed E-state index contributed by atoms with van der Waals surface area (Å²) in [5.74, 6) is 0.423. The number of fused-ring (bicyclic) bond motifs is 3. The van der Waals surface area contributed by atoms with Crippen LogP contribution in [0.5, 0.6) is 0 Å². The number of halogens is 2. The van der Waals surface area contributed by atoms with E-state index in [0.29, 0.717) is 22.3 Å². The van der Waals surface area contributed by atoms with Crippen LogP contribution >= 0.6 is 22.9 Å². The third kappa shape index (κ3) is 3.17. The molecule has 6 nitrogen and oxygen atoms in total. The van der Waals surface area contributed by atoms with Gasteiger partial charge in [0.25, 0.3) is 0 Å². The molecule has 0 amide bonds. The van der Waals surface area contributed by atoms with Crippen molar-refractivity contribution in [1.82, 2.24) is 19.9 Å². The molecule has 0 aliphatic carbocycles. The van der Waals surface area contributed by atoms with Gasteiger partial charge in [-0.2, -0.15) is 0 Å². The van der Waals surface area contributed by atoms with Gasteiger partial charge in [0, 0.05) is 19.8 Å². The molecule has 0 atom stereocenters. The number of amidine groups is 1. The largest absolute Gasteiger partial charge is 0.361 e. The van der Waals surface area contributed by atoms with E-state index >= 15 is 0 Å². The van der Waals surface area contributed by atoms with Gasteiger partial charge in [-0.1, -0.05) is 11.6 Å². The summed E-state index contributed by atoms with van der Waals surface area (Å²) >= 11 is 7.29. The molecule has 0 aliphatic rings. The lowest BCUT2D eigenvalue weighted by Crippen LogP contribution is -2.21. The van der Waals surface area contributed by atoms with Gasteiger partial charge in [0.15, 0.2) is 10.8 Å². The summed E-state index contributed by atoms with van der Waals surface area (Å²) in [6, 6.07) is 8.14. The van der Waals surface area contributed by atoms with Crippen LogP contribution in [0.1, 0.15) is 5.01 Å². The molecule has 2 aromatic heterocycles. The maximum absolute atomic E-state index is 13.4. The number of thiazole rings is 1. The molecule has 136 valence electrons. The first kappa shape index (κ1) is 17.6. The summed E-state index contributed by atoms with van der Waals surface area (Å²) in [4.78, 5) is 14.9. The van der Waals surface area contributed by atoms with Crippen LogP contribution in [0.15, 0.2) is 36.7 Å². The molecule has 4 rings (SSSR count). The van der Waals surface area contributed by atoms with Gasteiger partial charge in [0.2, 0.25) is 0 Å². The summed E-state index contributed by atoms with van der Waals surface area (Å²) in [5, 5.41) is 12.8. The van der Waals surface area contributed by atoms with Gasteiger partial charge < -0.3 is 10.2 Å². The molecule has 2 N–H and O–H groups in total. The van der Waals surface area contributed by atoms with Crippen molar-refractivity contribution in [3.63, 3.8) is 0 Å². The van der Waals surface area contributed by atoms with Crippen molar-refractivity contribution in [2.75, 3.05) is 19.4 Å². The molecule has 0 saturated carbocycles. The second kappa shape index (κ2) is 6.71. The number of nitrogens with zero attached hydrogens (tertiary/aromatic N) is 4. The Morgan fingerprint density at radius 1 is 1.19 bits per heavy atom. The maximum atomic E-state index is 13.4. The minimum Gasteiger partial charge on any atom is -0.361 e. The fourth-order valence-electron chi connectivity index (χ4n) is 2.63. The predicted octanol–water partition coefficient (Wildman–Crippen LogP) is 4.66. The topological polar surface area (TPSA) is 77.8 Å². The second-order valence-electron chi connectivity index (χ2n) is 6.05. The van der Waals surface area contributed by atoms with Gasteiger partial charge in [-0.05, 0) is 30.3 Å². The van der Waals surface area contributed by atoms with Gasteiger partial charge in [-0.25, -0.2) is 19.3 Å². The first-order valence-corrected chi connectivity index (χ1v) is 9.16. The molecule has 0 saturated heterocycles. The zero-order valence-corrected chi connectivity index (χ0v) is 16.0. The summed E-state index contributed by atoms with van der Waals surface area (Å²) in [6.07, 6.45) is 1.46. The summed E-state index contributed by atoms with van der Waals surface area (Å²) in [7, 11) is 3.61. The van der Waals surface area contributed by atoms with Crippen molar-refractivity contribution in [3.8, 4) is 0 Å². The highest BCUT2D eigenvalue weighted by molar-refractivity contribution is 7.21. The fourth-order valence-corrected chi connectivity index (χ4v) is 3.95. The van der Waals surface area contributed by atoms with Gasteiger partial charge in [0.1, 0.15) is 18.0 Å². The summed E-state index contributed by atoms with van der Waals surface area (Å²) in [5.41, 5.74) is 2.13. The molecule has 2 aromatic carbocycles. The van der Waals surface area contributed by atoms with Gasteiger partial charge in [-0.3, -0.25) is 5.41 Å². The van der Waals surface area contributed by atoms with E-state index in [0.717, 1.165) is 21.1 Å². The zero-order chi connectivity index (χ0) is 19.1. The molecule has 0 spiro atoms. The molecule has 0 bridgehead atoms. The summed E-state index contributed by atoms with van der Waals surface area (Å²) < 4.78 is 14.3. The fraction of sp³-hybridized carbons (Fsp3) is 0.111. The minimum atomic E-state index is -0.480. The third-order valence-electron chi connectivity index (χ3n) is 3.99. The second-order valence-corrected chi connectivity index (χ2v) is 7.45. The van der Waals surface area contributed by atoms with Crippen LogP contribution in [0, 0.1) is 11.2 Å². The van der Waals surface area contributed by atoms with Gasteiger partial charge in [-0.15, -0.1) is 11.3 Å². The Bertz CT molecular complexity index is 1190. The van der Waals surface area contributed by atoms with Crippen LogP contribution in [0.25, 0.3) is 21.1 Å². The lowest BCUT2D eigenvalue weighted by molar-refractivity contribution is 0.619. The third-order valence-corrected chi connectivity index (χ3v) is 5.37. The van der Waals surface area contributed by atoms with Crippen LogP contribution in [-0.4, -0.2) is 39.8 Å². The number of nitrogens with one attached hydrogen (secondary N) is 2. The van der Waals surface area contributed by atoms with Crippen molar-refractivity contribution in [2.24, 2.45) is 0 Å². The number of benzene rings is 2. The Morgan fingerprint density at radius 2 is 1.96 bits per heavy atom. The Hall–Kier alpha value is -2.84. The molecule has 0 radical (unpaired) electrons. The lowest BCUT2D eigenvalue weighted by Gasteiger charge is -2.10. The molecule has 0 fully saturated rings. The minimum absolute atomic E-state index is 0.0306. The molecule has 9 heteroatoms. The van der Waals surface area contributed by atoms with E-state index in [1.165, 1.54) is 29.8 Å². The van der Waals surface area contributed by atoms with Crippen LogP contribution < -0.4 is 5.32 Å². The Kier molecular flexibility index (Phi) is 4.37. The molecule has 2 heterocycles.